The lowest BCUT2D eigenvalue weighted by Gasteiger charge is -2.36. The number of rotatable bonds is 3. The fraction of sp³-hybridized carbons (Fsp3) is 0.300. The molecule has 0 unspecified atom stereocenters. The van der Waals surface area contributed by atoms with Crippen LogP contribution in [0.4, 0.5) is 5.82 Å². The van der Waals surface area contributed by atoms with Crippen molar-refractivity contribution in [3.8, 4) is 0 Å². The van der Waals surface area contributed by atoms with Crippen molar-refractivity contribution in [3.63, 3.8) is 0 Å². The summed E-state index contributed by atoms with van der Waals surface area (Å²) in [5.74, 6) is 0.831. The van der Waals surface area contributed by atoms with Gasteiger partial charge in [-0.25, -0.2) is 4.98 Å². The van der Waals surface area contributed by atoms with Gasteiger partial charge >= 0.3 is 0 Å². The van der Waals surface area contributed by atoms with Crippen molar-refractivity contribution >= 4 is 28.3 Å². The molecule has 2 N–H and O–H groups in total. The number of benzene rings is 1. The highest BCUT2D eigenvalue weighted by Crippen LogP contribution is 2.37. The number of fused-ring (bicyclic) bond motifs is 1. The summed E-state index contributed by atoms with van der Waals surface area (Å²) in [6.07, 6.45) is 6.69. The normalized spacial score (nSPS) is 23.5. The van der Waals surface area contributed by atoms with Gasteiger partial charge in [0, 0.05) is 29.4 Å². The molecular formula is C20H20ClN3O. The number of pyridine rings is 2. The summed E-state index contributed by atoms with van der Waals surface area (Å²) < 4.78 is 0. The van der Waals surface area contributed by atoms with Gasteiger partial charge in [0.2, 0.25) is 0 Å². The average Bonchev–Trinajstić information content (AvgIpc) is 2.65. The summed E-state index contributed by atoms with van der Waals surface area (Å²) in [6.45, 7) is 0. The van der Waals surface area contributed by atoms with Gasteiger partial charge in [-0.1, -0.05) is 29.8 Å². The maximum Gasteiger partial charge on any atom is 0.126 e. The minimum atomic E-state index is -0.771. The Bertz CT molecular complexity index is 877. The molecule has 1 aliphatic carbocycles. The molecule has 1 aliphatic rings. The van der Waals surface area contributed by atoms with E-state index < -0.39 is 5.60 Å². The van der Waals surface area contributed by atoms with Gasteiger partial charge in [0.1, 0.15) is 5.82 Å². The second-order valence-electron chi connectivity index (χ2n) is 6.70. The Morgan fingerprint density at radius 1 is 1.08 bits per heavy atom. The van der Waals surface area contributed by atoms with Gasteiger partial charge in [-0.15, -0.1) is 0 Å². The lowest BCUT2D eigenvalue weighted by atomic mass is 9.78. The number of nitrogens with one attached hydrogen (secondary N) is 1. The van der Waals surface area contributed by atoms with E-state index in [0.717, 1.165) is 35.1 Å². The average molecular weight is 354 g/mol. The van der Waals surface area contributed by atoms with E-state index in [1.54, 1.807) is 12.4 Å². The molecule has 1 saturated carbocycles. The number of halogens is 1. The van der Waals surface area contributed by atoms with E-state index in [9.17, 15) is 5.11 Å². The molecule has 2 heterocycles. The molecule has 3 aromatic rings. The maximum absolute atomic E-state index is 10.9. The first-order valence-corrected chi connectivity index (χ1v) is 8.97. The zero-order valence-electron chi connectivity index (χ0n) is 13.8. The van der Waals surface area contributed by atoms with Crippen LogP contribution in [-0.4, -0.2) is 21.1 Å². The summed E-state index contributed by atoms with van der Waals surface area (Å²) in [4.78, 5) is 8.78. The first-order chi connectivity index (χ1) is 12.1. The van der Waals surface area contributed by atoms with Crippen LogP contribution >= 0.6 is 11.6 Å². The number of para-hydroxylation sites is 1. The van der Waals surface area contributed by atoms with Crippen LogP contribution in [0, 0.1) is 0 Å². The third-order valence-corrected chi connectivity index (χ3v) is 5.34. The molecular weight excluding hydrogens is 334 g/mol. The van der Waals surface area contributed by atoms with Crippen molar-refractivity contribution < 1.29 is 5.11 Å². The molecule has 25 heavy (non-hydrogen) atoms. The fourth-order valence-electron chi connectivity index (χ4n) is 3.57. The van der Waals surface area contributed by atoms with Crippen molar-refractivity contribution in [3.05, 3.63) is 65.4 Å². The van der Waals surface area contributed by atoms with E-state index in [2.05, 4.69) is 15.3 Å². The van der Waals surface area contributed by atoms with Gasteiger partial charge in [0.05, 0.1) is 16.1 Å². The first kappa shape index (κ1) is 16.3. The van der Waals surface area contributed by atoms with Crippen LogP contribution in [0.5, 0.6) is 0 Å². The summed E-state index contributed by atoms with van der Waals surface area (Å²) in [7, 11) is 0. The maximum atomic E-state index is 10.9. The molecule has 0 atom stereocenters. The van der Waals surface area contributed by atoms with Gasteiger partial charge in [0.25, 0.3) is 0 Å². The molecule has 0 bridgehead atoms. The van der Waals surface area contributed by atoms with E-state index in [4.69, 9.17) is 11.6 Å². The fourth-order valence-corrected chi connectivity index (χ4v) is 3.79. The quantitative estimate of drug-likeness (QED) is 0.726. The molecule has 2 aromatic heterocycles. The van der Waals surface area contributed by atoms with E-state index >= 15 is 0 Å². The Labute approximate surface area is 151 Å². The van der Waals surface area contributed by atoms with E-state index in [-0.39, 0.29) is 0 Å². The van der Waals surface area contributed by atoms with Crippen molar-refractivity contribution in [2.24, 2.45) is 0 Å². The van der Waals surface area contributed by atoms with Crippen molar-refractivity contribution in [2.75, 3.05) is 5.32 Å². The van der Waals surface area contributed by atoms with Crippen LogP contribution in [0.2, 0.25) is 5.02 Å². The van der Waals surface area contributed by atoms with Crippen LogP contribution in [0.15, 0.2) is 54.9 Å². The second-order valence-corrected chi connectivity index (χ2v) is 7.11. The largest absolute Gasteiger partial charge is 0.385 e. The van der Waals surface area contributed by atoms with E-state index in [1.165, 1.54) is 0 Å². The number of aromatic nitrogens is 2. The Morgan fingerprint density at radius 2 is 1.92 bits per heavy atom. The van der Waals surface area contributed by atoms with Crippen molar-refractivity contribution in [1.29, 1.82) is 0 Å². The SMILES string of the molecule is OC1(c2cccnc2)CCC(Nc2ccc3cccc(Cl)c3n2)CC1. The van der Waals surface area contributed by atoms with Gasteiger partial charge in [-0.2, -0.15) is 0 Å². The summed E-state index contributed by atoms with van der Waals surface area (Å²) in [6, 6.07) is 13.9. The topological polar surface area (TPSA) is 58.0 Å². The molecule has 0 radical (unpaired) electrons. The number of hydrogen-bond acceptors (Lipinski definition) is 4. The predicted octanol–water partition coefficient (Wildman–Crippen LogP) is 4.53. The van der Waals surface area contributed by atoms with Crippen molar-refractivity contribution in [2.45, 2.75) is 37.3 Å². The Kier molecular flexibility index (Phi) is 4.32. The Balaban J connectivity index is 1.46. The number of hydrogen-bond donors (Lipinski definition) is 2. The highest BCUT2D eigenvalue weighted by Gasteiger charge is 2.35. The zero-order chi connectivity index (χ0) is 17.3. The molecule has 4 rings (SSSR count). The Morgan fingerprint density at radius 3 is 2.68 bits per heavy atom. The van der Waals surface area contributed by atoms with Gasteiger partial charge < -0.3 is 10.4 Å². The molecule has 1 aromatic carbocycles. The molecule has 0 saturated heterocycles. The molecule has 5 heteroatoms. The van der Waals surface area contributed by atoms with Gasteiger partial charge in [-0.3, -0.25) is 4.98 Å². The lowest BCUT2D eigenvalue weighted by molar-refractivity contribution is -0.00363. The monoisotopic (exact) mass is 353 g/mol. The standard InChI is InChI=1S/C20H20ClN3O/c21-17-5-1-3-14-6-7-18(24-19(14)17)23-16-8-10-20(25,11-9-16)15-4-2-12-22-13-15/h1-7,12-13,16,25H,8-11H2,(H,23,24). The van der Waals surface area contributed by atoms with Gasteiger partial charge in [-0.05, 0) is 49.9 Å². The minimum Gasteiger partial charge on any atom is -0.385 e. The Hall–Kier alpha value is -2.17. The third-order valence-electron chi connectivity index (χ3n) is 5.03. The van der Waals surface area contributed by atoms with Crippen LogP contribution in [0.3, 0.4) is 0 Å². The summed E-state index contributed by atoms with van der Waals surface area (Å²) in [5, 5.41) is 16.1. The lowest BCUT2D eigenvalue weighted by Crippen LogP contribution is -2.36. The van der Waals surface area contributed by atoms with Crippen LogP contribution in [0.1, 0.15) is 31.2 Å². The zero-order valence-corrected chi connectivity index (χ0v) is 14.6. The molecule has 0 aliphatic heterocycles. The molecule has 1 fully saturated rings. The summed E-state index contributed by atoms with van der Waals surface area (Å²) in [5.41, 5.74) is 0.952. The van der Waals surface area contributed by atoms with Crippen molar-refractivity contribution in [1.82, 2.24) is 9.97 Å². The number of nitrogens with zero attached hydrogens (tertiary/aromatic N) is 2. The van der Waals surface area contributed by atoms with Crippen LogP contribution < -0.4 is 5.32 Å². The minimum absolute atomic E-state index is 0.296. The van der Waals surface area contributed by atoms with Crippen LogP contribution in [0.25, 0.3) is 10.9 Å². The molecule has 0 spiro atoms. The molecule has 128 valence electrons. The first-order valence-electron chi connectivity index (χ1n) is 8.59. The highest BCUT2D eigenvalue weighted by atomic mass is 35.5. The predicted molar refractivity (Wildman–Crippen MR) is 101 cm³/mol. The second kappa shape index (κ2) is 6.62. The highest BCUT2D eigenvalue weighted by molar-refractivity contribution is 6.35. The molecule has 0 amide bonds. The third kappa shape index (κ3) is 3.32. The van der Waals surface area contributed by atoms with Crippen LogP contribution in [-0.2, 0) is 5.60 Å². The number of anilines is 1. The van der Waals surface area contributed by atoms with E-state index in [0.29, 0.717) is 23.9 Å². The summed E-state index contributed by atoms with van der Waals surface area (Å²) >= 11 is 6.25. The van der Waals surface area contributed by atoms with E-state index in [1.807, 2.05) is 42.5 Å². The smallest absolute Gasteiger partial charge is 0.126 e. The molecule has 4 nitrogen and oxygen atoms in total. The van der Waals surface area contributed by atoms with Gasteiger partial charge in [0.15, 0.2) is 0 Å². The number of aliphatic hydroxyl groups is 1.